The van der Waals surface area contributed by atoms with E-state index in [1.54, 1.807) is 7.11 Å². The predicted molar refractivity (Wildman–Crippen MR) is 73.9 cm³/mol. The number of hydrogen-bond acceptors (Lipinski definition) is 4. The summed E-state index contributed by atoms with van der Waals surface area (Å²) in [7, 11) is -2.10. The molecule has 0 saturated carbocycles. The first-order valence-corrected chi connectivity index (χ1v) is 7.85. The van der Waals surface area contributed by atoms with E-state index in [9.17, 15) is 12.8 Å². The van der Waals surface area contributed by atoms with Gasteiger partial charge in [0.1, 0.15) is 5.82 Å². The zero-order valence-electron chi connectivity index (χ0n) is 11.1. The Morgan fingerprint density at radius 3 is 2.70 bits per heavy atom. The van der Waals surface area contributed by atoms with Crippen molar-refractivity contribution < 1.29 is 22.3 Å². The van der Waals surface area contributed by atoms with Crippen LogP contribution in [0.25, 0.3) is 0 Å². The van der Waals surface area contributed by atoms with E-state index in [2.05, 4.69) is 4.72 Å². The normalized spacial score (nSPS) is 11.8. The molecule has 114 valence electrons. The third-order valence-electron chi connectivity index (χ3n) is 2.39. The van der Waals surface area contributed by atoms with Crippen molar-refractivity contribution in [2.45, 2.75) is 11.3 Å². The molecule has 0 saturated heterocycles. The summed E-state index contributed by atoms with van der Waals surface area (Å²) in [5, 5.41) is -0.226. The Balaban J connectivity index is 2.40. The van der Waals surface area contributed by atoms with Gasteiger partial charge in [0.2, 0.25) is 10.0 Å². The Morgan fingerprint density at radius 2 is 2.05 bits per heavy atom. The van der Waals surface area contributed by atoms with Gasteiger partial charge in [0.25, 0.3) is 0 Å². The van der Waals surface area contributed by atoms with Crippen LogP contribution >= 0.6 is 11.6 Å². The molecule has 0 fully saturated rings. The summed E-state index contributed by atoms with van der Waals surface area (Å²) < 4.78 is 49.1. The molecule has 8 heteroatoms. The van der Waals surface area contributed by atoms with Crippen molar-refractivity contribution in [3.63, 3.8) is 0 Å². The van der Waals surface area contributed by atoms with Crippen LogP contribution in [0.1, 0.15) is 6.42 Å². The summed E-state index contributed by atoms with van der Waals surface area (Å²) in [6.07, 6.45) is 0.526. The first-order valence-electron chi connectivity index (χ1n) is 5.99. The van der Waals surface area contributed by atoms with E-state index in [1.165, 1.54) is 6.07 Å². The number of rotatable bonds is 9. The van der Waals surface area contributed by atoms with Gasteiger partial charge in [-0.15, -0.1) is 0 Å². The summed E-state index contributed by atoms with van der Waals surface area (Å²) in [6, 6.07) is 3.26. The van der Waals surface area contributed by atoms with Crippen LogP contribution in [-0.4, -0.2) is 41.9 Å². The molecule has 1 aromatic carbocycles. The standard InChI is InChI=1S/C12H17ClFNO4S/c1-18-7-8-19-6-2-5-15-20(16,17)10-3-4-12(14)11(13)9-10/h3-4,9,15H,2,5-8H2,1H3. The molecule has 0 aliphatic heterocycles. The molecule has 0 bridgehead atoms. The van der Waals surface area contributed by atoms with Crippen molar-refractivity contribution in [2.24, 2.45) is 0 Å². The first-order chi connectivity index (χ1) is 9.47. The van der Waals surface area contributed by atoms with E-state index in [-0.39, 0.29) is 16.5 Å². The first kappa shape index (κ1) is 17.3. The van der Waals surface area contributed by atoms with Crippen LogP contribution in [0.4, 0.5) is 4.39 Å². The lowest BCUT2D eigenvalue weighted by atomic mass is 10.3. The van der Waals surface area contributed by atoms with Crippen LogP contribution in [0.2, 0.25) is 5.02 Å². The number of sulfonamides is 1. The van der Waals surface area contributed by atoms with Gasteiger partial charge in [-0.3, -0.25) is 0 Å². The Labute approximate surface area is 123 Å². The largest absolute Gasteiger partial charge is 0.382 e. The molecule has 0 spiro atoms. The fraction of sp³-hybridized carbons (Fsp3) is 0.500. The van der Waals surface area contributed by atoms with Crippen molar-refractivity contribution in [1.82, 2.24) is 4.72 Å². The van der Waals surface area contributed by atoms with Crippen LogP contribution in [0, 0.1) is 5.82 Å². The second kappa shape index (κ2) is 8.53. The molecule has 0 radical (unpaired) electrons. The number of hydrogen-bond donors (Lipinski definition) is 1. The molecule has 0 aliphatic rings. The van der Waals surface area contributed by atoms with Gasteiger partial charge in [0.05, 0.1) is 23.1 Å². The number of methoxy groups -OCH3 is 1. The third-order valence-corrected chi connectivity index (χ3v) is 4.14. The maximum atomic E-state index is 13.0. The molecule has 0 atom stereocenters. The van der Waals surface area contributed by atoms with Crippen molar-refractivity contribution in [1.29, 1.82) is 0 Å². The SMILES string of the molecule is COCCOCCCNS(=O)(=O)c1ccc(F)c(Cl)c1. The number of benzene rings is 1. The number of halogens is 2. The quantitative estimate of drug-likeness (QED) is 0.703. The second-order valence-corrected chi connectivity index (χ2v) is 6.11. The summed E-state index contributed by atoms with van der Waals surface area (Å²) >= 11 is 5.55. The molecule has 5 nitrogen and oxygen atoms in total. The number of ether oxygens (including phenoxy) is 2. The minimum Gasteiger partial charge on any atom is -0.382 e. The van der Waals surface area contributed by atoms with Gasteiger partial charge in [-0.1, -0.05) is 11.6 Å². The Hall–Kier alpha value is -0.730. The Kier molecular flexibility index (Phi) is 7.39. The van der Waals surface area contributed by atoms with E-state index in [0.717, 1.165) is 12.1 Å². The lowest BCUT2D eigenvalue weighted by molar-refractivity contribution is 0.0699. The summed E-state index contributed by atoms with van der Waals surface area (Å²) in [6.45, 7) is 1.62. The zero-order valence-corrected chi connectivity index (χ0v) is 12.6. The monoisotopic (exact) mass is 325 g/mol. The maximum absolute atomic E-state index is 13.0. The fourth-order valence-electron chi connectivity index (χ4n) is 1.35. The van der Waals surface area contributed by atoms with Crippen molar-refractivity contribution in [3.8, 4) is 0 Å². The molecule has 0 aromatic heterocycles. The van der Waals surface area contributed by atoms with Crippen LogP contribution in [0.3, 0.4) is 0 Å². The Morgan fingerprint density at radius 1 is 1.30 bits per heavy atom. The summed E-state index contributed by atoms with van der Waals surface area (Å²) in [4.78, 5) is -0.0656. The highest BCUT2D eigenvalue weighted by atomic mass is 35.5. The van der Waals surface area contributed by atoms with Gasteiger partial charge in [-0.25, -0.2) is 17.5 Å². The molecule has 20 heavy (non-hydrogen) atoms. The van der Waals surface area contributed by atoms with Crippen LogP contribution in [0.5, 0.6) is 0 Å². The van der Waals surface area contributed by atoms with Gasteiger partial charge in [0, 0.05) is 20.3 Å². The molecule has 1 rings (SSSR count). The molecular weight excluding hydrogens is 309 g/mol. The van der Waals surface area contributed by atoms with Gasteiger partial charge in [-0.05, 0) is 24.6 Å². The Bertz CT molecular complexity index is 524. The maximum Gasteiger partial charge on any atom is 0.240 e. The lowest BCUT2D eigenvalue weighted by Crippen LogP contribution is -2.25. The molecule has 0 amide bonds. The molecule has 0 heterocycles. The van der Waals surface area contributed by atoms with Gasteiger partial charge < -0.3 is 9.47 Å². The van der Waals surface area contributed by atoms with Crippen LogP contribution < -0.4 is 4.72 Å². The minimum absolute atomic E-state index is 0.0656. The second-order valence-electron chi connectivity index (χ2n) is 3.93. The average Bonchev–Trinajstić information content (AvgIpc) is 2.40. The van der Waals surface area contributed by atoms with Crippen molar-refractivity contribution >= 4 is 21.6 Å². The smallest absolute Gasteiger partial charge is 0.240 e. The van der Waals surface area contributed by atoms with E-state index < -0.39 is 15.8 Å². The topological polar surface area (TPSA) is 64.6 Å². The van der Waals surface area contributed by atoms with E-state index >= 15 is 0 Å². The molecule has 1 N–H and O–H groups in total. The lowest BCUT2D eigenvalue weighted by Gasteiger charge is -2.08. The highest BCUT2D eigenvalue weighted by Gasteiger charge is 2.14. The highest BCUT2D eigenvalue weighted by Crippen LogP contribution is 2.19. The summed E-state index contributed by atoms with van der Waals surface area (Å²) in [5.74, 6) is -0.655. The third kappa shape index (κ3) is 5.72. The van der Waals surface area contributed by atoms with Gasteiger partial charge in [0.15, 0.2) is 0 Å². The molecule has 0 aliphatic carbocycles. The van der Waals surface area contributed by atoms with E-state index in [0.29, 0.717) is 26.2 Å². The van der Waals surface area contributed by atoms with Crippen LogP contribution in [-0.2, 0) is 19.5 Å². The van der Waals surface area contributed by atoms with Crippen molar-refractivity contribution in [3.05, 3.63) is 29.0 Å². The summed E-state index contributed by atoms with van der Waals surface area (Å²) in [5.41, 5.74) is 0. The number of nitrogens with one attached hydrogen (secondary N) is 1. The van der Waals surface area contributed by atoms with Crippen molar-refractivity contribution in [2.75, 3.05) is 33.5 Å². The fourth-order valence-corrected chi connectivity index (χ4v) is 2.70. The average molecular weight is 326 g/mol. The molecule has 1 aromatic rings. The molecular formula is C12H17ClFNO4S. The van der Waals surface area contributed by atoms with Gasteiger partial charge in [-0.2, -0.15) is 0 Å². The van der Waals surface area contributed by atoms with Gasteiger partial charge >= 0.3 is 0 Å². The zero-order chi connectivity index (χ0) is 15.0. The highest BCUT2D eigenvalue weighted by molar-refractivity contribution is 7.89. The van der Waals surface area contributed by atoms with E-state index in [1.807, 2.05) is 0 Å². The van der Waals surface area contributed by atoms with E-state index in [4.69, 9.17) is 21.1 Å². The molecule has 0 unspecified atom stereocenters. The minimum atomic E-state index is -3.68. The van der Waals surface area contributed by atoms with Crippen LogP contribution in [0.15, 0.2) is 23.1 Å². The predicted octanol–water partition coefficient (Wildman–Crippen LogP) is 1.81.